The molecular formula is C23H26N2O4. The number of amides is 2. The third kappa shape index (κ3) is 4.88. The number of hydrogen-bond acceptors (Lipinski definition) is 4. The van der Waals surface area contributed by atoms with E-state index >= 15 is 0 Å². The summed E-state index contributed by atoms with van der Waals surface area (Å²) in [5.41, 5.74) is 2.67. The minimum Gasteiger partial charge on any atom is -0.454 e. The highest BCUT2D eigenvalue weighted by Crippen LogP contribution is 2.32. The zero-order valence-electron chi connectivity index (χ0n) is 16.5. The predicted molar refractivity (Wildman–Crippen MR) is 109 cm³/mol. The number of likely N-dealkylation sites (tertiary alicyclic amines) is 1. The van der Waals surface area contributed by atoms with E-state index in [0.717, 1.165) is 48.6 Å². The molecule has 2 heterocycles. The minimum absolute atomic E-state index is 0.0181. The fraction of sp³-hybridized carbons (Fsp3) is 0.391. The summed E-state index contributed by atoms with van der Waals surface area (Å²) in [5, 5.41) is 2.95. The lowest BCUT2D eigenvalue weighted by atomic mass is 10.1. The van der Waals surface area contributed by atoms with Gasteiger partial charge in [0.2, 0.25) is 12.7 Å². The molecule has 2 aromatic rings. The van der Waals surface area contributed by atoms with E-state index in [0.29, 0.717) is 24.9 Å². The van der Waals surface area contributed by atoms with Crippen LogP contribution in [0.4, 0.5) is 0 Å². The quantitative estimate of drug-likeness (QED) is 0.816. The van der Waals surface area contributed by atoms with Gasteiger partial charge >= 0.3 is 0 Å². The van der Waals surface area contributed by atoms with Crippen LogP contribution in [0.25, 0.3) is 0 Å². The summed E-state index contributed by atoms with van der Waals surface area (Å²) in [7, 11) is 0. The highest BCUT2D eigenvalue weighted by atomic mass is 16.7. The van der Waals surface area contributed by atoms with E-state index in [1.165, 1.54) is 6.42 Å². The number of nitrogens with one attached hydrogen (secondary N) is 1. The fourth-order valence-electron chi connectivity index (χ4n) is 3.74. The third-order valence-corrected chi connectivity index (χ3v) is 5.38. The molecular weight excluding hydrogens is 368 g/mol. The standard InChI is InChI=1S/C23H26N2O4/c26-22(10-8-17-7-9-20-21(14-17)29-16-28-20)24-15-18-5-4-6-19(13-18)23(27)25-11-2-1-3-12-25/h4-7,9,13-14H,1-3,8,10-12,15-16H2,(H,24,26). The molecule has 0 aromatic heterocycles. The average molecular weight is 394 g/mol. The van der Waals surface area contributed by atoms with Crippen LogP contribution in [0.5, 0.6) is 11.5 Å². The number of aryl methyl sites for hydroxylation is 1. The molecule has 1 saturated heterocycles. The highest BCUT2D eigenvalue weighted by molar-refractivity contribution is 5.94. The van der Waals surface area contributed by atoms with Gasteiger partial charge in [0.25, 0.3) is 5.91 Å². The molecule has 0 atom stereocenters. The molecule has 4 rings (SSSR count). The molecule has 2 aliphatic heterocycles. The summed E-state index contributed by atoms with van der Waals surface area (Å²) in [4.78, 5) is 26.8. The smallest absolute Gasteiger partial charge is 0.253 e. The molecule has 0 aliphatic carbocycles. The van der Waals surface area contributed by atoms with Gasteiger partial charge in [-0.05, 0) is 61.1 Å². The molecule has 6 nitrogen and oxygen atoms in total. The number of rotatable bonds is 6. The van der Waals surface area contributed by atoms with E-state index in [1.807, 2.05) is 47.4 Å². The van der Waals surface area contributed by atoms with Gasteiger partial charge in [0.05, 0.1) is 0 Å². The Bertz CT molecular complexity index is 890. The maximum Gasteiger partial charge on any atom is 0.253 e. The molecule has 0 spiro atoms. The highest BCUT2D eigenvalue weighted by Gasteiger charge is 2.18. The first-order valence-corrected chi connectivity index (χ1v) is 10.2. The molecule has 0 saturated carbocycles. The van der Waals surface area contributed by atoms with Crippen LogP contribution in [-0.4, -0.2) is 36.6 Å². The van der Waals surface area contributed by atoms with Crippen molar-refractivity contribution in [2.75, 3.05) is 19.9 Å². The van der Waals surface area contributed by atoms with Gasteiger partial charge in [-0.25, -0.2) is 0 Å². The Morgan fingerprint density at radius 1 is 0.931 bits per heavy atom. The van der Waals surface area contributed by atoms with Crippen LogP contribution < -0.4 is 14.8 Å². The monoisotopic (exact) mass is 394 g/mol. The van der Waals surface area contributed by atoms with Gasteiger partial charge in [0.15, 0.2) is 11.5 Å². The number of carbonyl (C=O) groups excluding carboxylic acids is 2. The normalized spacial score (nSPS) is 15.2. The van der Waals surface area contributed by atoms with Crippen LogP contribution >= 0.6 is 0 Å². The zero-order chi connectivity index (χ0) is 20.1. The Morgan fingerprint density at radius 2 is 1.76 bits per heavy atom. The second kappa shape index (κ2) is 8.99. The number of piperidine rings is 1. The summed E-state index contributed by atoms with van der Waals surface area (Å²) < 4.78 is 10.7. The molecule has 2 amide bonds. The van der Waals surface area contributed by atoms with E-state index < -0.39 is 0 Å². The molecule has 6 heteroatoms. The Balaban J connectivity index is 1.27. The van der Waals surface area contributed by atoms with E-state index in [1.54, 1.807) is 0 Å². The van der Waals surface area contributed by atoms with Gasteiger partial charge in [-0.3, -0.25) is 9.59 Å². The number of nitrogens with zero attached hydrogens (tertiary/aromatic N) is 1. The Hall–Kier alpha value is -3.02. The Kier molecular flexibility index (Phi) is 5.98. The van der Waals surface area contributed by atoms with Crippen molar-refractivity contribution in [3.05, 3.63) is 59.2 Å². The van der Waals surface area contributed by atoms with Gasteiger partial charge in [-0.1, -0.05) is 18.2 Å². The number of benzene rings is 2. The maximum atomic E-state index is 12.6. The van der Waals surface area contributed by atoms with Crippen LogP contribution in [-0.2, 0) is 17.8 Å². The second-order valence-electron chi connectivity index (χ2n) is 7.52. The molecule has 1 N–H and O–H groups in total. The van der Waals surface area contributed by atoms with Crippen molar-refractivity contribution in [1.29, 1.82) is 0 Å². The van der Waals surface area contributed by atoms with Crippen LogP contribution in [0.2, 0.25) is 0 Å². The SMILES string of the molecule is O=C(CCc1ccc2c(c1)OCO2)NCc1cccc(C(=O)N2CCCCC2)c1. The molecule has 2 aromatic carbocycles. The van der Waals surface area contributed by atoms with Crippen molar-refractivity contribution in [2.45, 2.75) is 38.6 Å². The van der Waals surface area contributed by atoms with E-state index in [9.17, 15) is 9.59 Å². The van der Waals surface area contributed by atoms with Gasteiger partial charge in [0, 0.05) is 31.6 Å². The summed E-state index contributed by atoms with van der Waals surface area (Å²) >= 11 is 0. The summed E-state index contributed by atoms with van der Waals surface area (Å²) in [6.45, 7) is 2.33. The molecule has 0 bridgehead atoms. The largest absolute Gasteiger partial charge is 0.454 e. The van der Waals surface area contributed by atoms with Crippen molar-refractivity contribution >= 4 is 11.8 Å². The summed E-state index contributed by atoms with van der Waals surface area (Å²) in [6, 6.07) is 13.3. The second-order valence-corrected chi connectivity index (χ2v) is 7.52. The molecule has 1 fully saturated rings. The average Bonchev–Trinajstić information content (AvgIpc) is 3.24. The molecule has 29 heavy (non-hydrogen) atoms. The maximum absolute atomic E-state index is 12.6. The lowest BCUT2D eigenvalue weighted by Crippen LogP contribution is -2.35. The van der Waals surface area contributed by atoms with Gasteiger partial charge in [0.1, 0.15) is 0 Å². The van der Waals surface area contributed by atoms with Crippen molar-refractivity contribution in [1.82, 2.24) is 10.2 Å². The number of hydrogen-bond donors (Lipinski definition) is 1. The van der Waals surface area contributed by atoms with Gasteiger partial charge in [-0.15, -0.1) is 0 Å². The number of fused-ring (bicyclic) bond motifs is 1. The topological polar surface area (TPSA) is 67.9 Å². The van der Waals surface area contributed by atoms with E-state index in [2.05, 4.69) is 5.32 Å². The first-order chi connectivity index (χ1) is 14.2. The lowest BCUT2D eigenvalue weighted by molar-refractivity contribution is -0.121. The van der Waals surface area contributed by atoms with E-state index in [-0.39, 0.29) is 18.6 Å². The number of carbonyl (C=O) groups is 2. The van der Waals surface area contributed by atoms with Crippen molar-refractivity contribution in [3.8, 4) is 11.5 Å². The van der Waals surface area contributed by atoms with Gasteiger partial charge < -0.3 is 19.7 Å². The van der Waals surface area contributed by atoms with Crippen molar-refractivity contribution in [2.24, 2.45) is 0 Å². The summed E-state index contributed by atoms with van der Waals surface area (Å²) in [6.07, 6.45) is 4.37. The van der Waals surface area contributed by atoms with Crippen molar-refractivity contribution in [3.63, 3.8) is 0 Å². The molecule has 0 unspecified atom stereocenters. The lowest BCUT2D eigenvalue weighted by Gasteiger charge is -2.26. The van der Waals surface area contributed by atoms with Crippen LogP contribution in [0.3, 0.4) is 0 Å². The fourth-order valence-corrected chi connectivity index (χ4v) is 3.74. The van der Waals surface area contributed by atoms with Crippen molar-refractivity contribution < 1.29 is 19.1 Å². The van der Waals surface area contributed by atoms with Crippen LogP contribution in [0, 0.1) is 0 Å². The third-order valence-electron chi connectivity index (χ3n) is 5.38. The first kappa shape index (κ1) is 19.3. The zero-order valence-corrected chi connectivity index (χ0v) is 16.5. The first-order valence-electron chi connectivity index (χ1n) is 10.2. The predicted octanol–water partition coefficient (Wildman–Crippen LogP) is 3.29. The van der Waals surface area contributed by atoms with Crippen LogP contribution in [0.15, 0.2) is 42.5 Å². The molecule has 2 aliphatic rings. The minimum atomic E-state index is -0.0181. The molecule has 0 radical (unpaired) electrons. The Morgan fingerprint density at radius 3 is 2.62 bits per heavy atom. The van der Waals surface area contributed by atoms with Gasteiger partial charge in [-0.2, -0.15) is 0 Å². The summed E-state index contributed by atoms with van der Waals surface area (Å²) in [5.74, 6) is 1.55. The molecule has 152 valence electrons. The van der Waals surface area contributed by atoms with E-state index in [4.69, 9.17) is 9.47 Å². The number of ether oxygens (including phenoxy) is 2. The Labute approximate surface area is 170 Å². The van der Waals surface area contributed by atoms with Crippen LogP contribution in [0.1, 0.15) is 47.2 Å².